The van der Waals surface area contributed by atoms with Gasteiger partial charge in [0.15, 0.2) is 0 Å². The highest BCUT2D eigenvalue weighted by atomic mass is 79.9. The van der Waals surface area contributed by atoms with Gasteiger partial charge in [0.25, 0.3) is 0 Å². The first kappa shape index (κ1) is 15.7. The van der Waals surface area contributed by atoms with E-state index in [0.29, 0.717) is 0 Å². The molecule has 1 aliphatic rings. The van der Waals surface area contributed by atoms with Gasteiger partial charge in [-0.15, -0.1) is 0 Å². The fourth-order valence-electron chi connectivity index (χ4n) is 2.66. The van der Waals surface area contributed by atoms with Crippen LogP contribution in [-0.2, 0) is 11.3 Å². The van der Waals surface area contributed by atoms with Crippen LogP contribution in [0.25, 0.3) is 0 Å². The maximum atomic E-state index is 5.53. The smallest absolute Gasteiger partial charge is 0.104 e. The number of quaternary nitrogens is 1. The minimum absolute atomic E-state index is 0. The molecule has 0 N–H and O–H groups in total. The Kier molecular flexibility index (Phi) is 6.90. The highest BCUT2D eigenvalue weighted by Gasteiger charge is 2.29. The summed E-state index contributed by atoms with van der Waals surface area (Å²) in [5.41, 5.74) is 1.46. The number of halogens is 1. The summed E-state index contributed by atoms with van der Waals surface area (Å²) < 4.78 is 6.75. The van der Waals surface area contributed by atoms with Gasteiger partial charge in [0.05, 0.1) is 19.8 Å². The summed E-state index contributed by atoms with van der Waals surface area (Å²) in [5.74, 6) is 0. The fraction of sp³-hybridized carbons (Fsp3) is 0.600. The Morgan fingerprint density at radius 2 is 1.78 bits per heavy atom. The Labute approximate surface area is 121 Å². The van der Waals surface area contributed by atoms with Crippen LogP contribution in [-0.4, -0.2) is 37.3 Å². The van der Waals surface area contributed by atoms with Crippen LogP contribution in [0, 0.1) is 0 Å². The molecule has 1 fully saturated rings. The Morgan fingerprint density at radius 3 is 2.39 bits per heavy atom. The Bertz CT molecular complexity index is 323. The van der Waals surface area contributed by atoms with E-state index < -0.39 is 0 Å². The SMILES string of the molecule is CCCC[N+]1(Cc2ccccc2)CCOCC1.[Br-]. The second kappa shape index (κ2) is 7.93. The second-order valence-corrected chi connectivity index (χ2v) is 5.12. The van der Waals surface area contributed by atoms with E-state index in [0.717, 1.165) is 13.2 Å². The number of morpholine rings is 1. The van der Waals surface area contributed by atoms with Crippen molar-refractivity contribution in [3.05, 3.63) is 35.9 Å². The zero-order valence-corrected chi connectivity index (χ0v) is 12.9. The van der Waals surface area contributed by atoms with Crippen LogP contribution in [0.2, 0.25) is 0 Å². The molecule has 2 rings (SSSR count). The average molecular weight is 314 g/mol. The molecule has 0 bridgehead atoms. The monoisotopic (exact) mass is 313 g/mol. The number of ether oxygens (including phenoxy) is 1. The van der Waals surface area contributed by atoms with Gasteiger partial charge in [0.2, 0.25) is 0 Å². The summed E-state index contributed by atoms with van der Waals surface area (Å²) in [4.78, 5) is 0. The van der Waals surface area contributed by atoms with E-state index in [2.05, 4.69) is 37.3 Å². The molecule has 0 aliphatic carbocycles. The molecule has 0 spiro atoms. The summed E-state index contributed by atoms with van der Waals surface area (Å²) in [6, 6.07) is 10.9. The molecule has 0 aromatic heterocycles. The second-order valence-electron chi connectivity index (χ2n) is 5.12. The summed E-state index contributed by atoms with van der Waals surface area (Å²) in [6.45, 7) is 8.95. The molecule has 1 saturated heterocycles. The maximum absolute atomic E-state index is 5.53. The molecule has 0 radical (unpaired) electrons. The number of benzene rings is 1. The van der Waals surface area contributed by atoms with Gasteiger partial charge < -0.3 is 26.2 Å². The summed E-state index contributed by atoms with van der Waals surface area (Å²) in [7, 11) is 0. The molecule has 18 heavy (non-hydrogen) atoms. The minimum Gasteiger partial charge on any atom is -1.00 e. The molecule has 0 unspecified atom stereocenters. The molecule has 1 aliphatic heterocycles. The Morgan fingerprint density at radius 1 is 1.11 bits per heavy atom. The lowest BCUT2D eigenvalue weighted by molar-refractivity contribution is -0.947. The highest BCUT2D eigenvalue weighted by molar-refractivity contribution is 5.13. The predicted octanol–water partition coefficient (Wildman–Crippen LogP) is -0.162. The van der Waals surface area contributed by atoms with E-state index in [1.54, 1.807) is 0 Å². The maximum Gasteiger partial charge on any atom is 0.104 e. The third-order valence-electron chi connectivity index (χ3n) is 3.77. The van der Waals surface area contributed by atoms with Gasteiger partial charge in [0.1, 0.15) is 19.6 Å². The Hall–Kier alpha value is -0.380. The topological polar surface area (TPSA) is 9.23 Å². The van der Waals surface area contributed by atoms with E-state index in [4.69, 9.17) is 4.74 Å². The predicted molar refractivity (Wildman–Crippen MR) is 70.7 cm³/mol. The average Bonchev–Trinajstić information content (AvgIpc) is 2.39. The number of nitrogens with zero attached hydrogens (tertiary/aromatic N) is 1. The Balaban J connectivity index is 0.00000162. The standard InChI is InChI=1S/C15H24NO.BrH/c1-2-3-9-16(10-12-17-13-11-16)14-15-7-5-4-6-8-15;/h4-8H,2-3,9-14H2,1H3;1H/q+1;/p-1. The van der Waals surface area contributed by atoms with E-state index in [1.165, 1.54) is 49.1 Å². The molecule has 1 aromatic rings. The van der Waals surface area contributed by atoms with Crippen LogP contribution in [0.5, 0.6) is 0 Å². The van der Waals surface area contributed by atoms with Gasteiger partial charge in [0, 0.05) is 5.56 Å². The fourth-order valence-corrected chi connectivity index (χ4v) is 2.66. The van der Waals surface area contributed by atoms with Crippen LogP contribution in [0.4, 0.5) is 0 Å². The highest BCUT2D eigenvalue weighted by Crippen LogP contribution is 2.18. The summed E-state index contributed by atoms with van der Waals surface area (Å²) in [6.07, 6.45) is 2.61. The van der Waals surface area contributed by atoms with Gasteiger partial charge in [-0.2, -0.15) is 0 Å². The van der Waals surface area contributed by atoms with Gasteiger partial charge in [-0.05, 0) is 6.42 Å². The molecule has 102 valence electrons. The zero-order chi connectivity index (χ0) is 12.0. The molecule has 3 heteroatoms. The lowest BCUT2D eigenvalue weighted by Gasteiger charge is -2.41. The van der Waals surface area contributed by atoms with Gasteiger partial charge in [-0.25, -0.2) is 0 Å². The normalized spacial score (nSPS) is 18.1. The third kappa shape index (κ3) is 4.38. The van der Waals surface area contributed by atoms with Crippen molar-refractivity contribution in [2.75, 3.05) is 32.8 Å². The van der Waals surface area contributed by atoms with E-state index >= 15 is 0 Å². The van der Waals surface area contributed by atoms with Crippen LogP contribution in [0.15, 0.2) is 30.3 Å². The van der Waals surface area contributed by atoms with E-state index in [1.807, 2.05) is 0 Å². The van der Waals surface area contributed by atoms with Gasteiger partial charge in [-0.1, -0.05) is 43.7 Å². The molecule has 2 nitrogen and oxygen atoms in total. The molecule has 0 saturated carbocycles. The first-order chi connectivity index (χ1) is 8.35. The van der Waals surface area contributed by atoms with Crippen molar-refractivity contribution in [1.82, 2.24) is 0 Å². The molecule has 1 heterocycles. The van der Waals surface area contributed by atoms with Crippen molar-refractivity contribution in [3.8, 4) is 0 Å². The minimum atomic E-state index is 0. The van der Waals surface area contributed by atoms with Crippen molar-refractivity contribution in [3.63, 3.8) is 0 Å². The van der Waals surface area contributed by atoms with Gasteiger partial charge >= 0.3 is 0 Å². The quantitative estimate of drug-likeness (QED) is 0.686. The van der Waals surface area contributed by atoms with Crippen LogP contribution < -0.4 is 17.0 Å². The molecular formula is C15H24BrNO. The molecular weight excluding hydrogens is 290 g/mol. The molecule has 1 aromatic carbocycles. The van der Waals surface area contributed by atoms with Gasteiger partial charge in [-0.3, -0.25) is 0 Å². The van der Waals surface area contributed by atoms with Crippen molar-refractivity contribution in [1.29, 1.82) is 0 Å². The largest absolute Gasteiger partial charge is 1.00 e. The first-order valence-electron chi connectivity index (χ1n) is 6.81. The summed E-state index contributed by atoms with van der Waals surface area (Å²) >= 11 is 0. The lowest BCUT2D eigenvalue weighted by Crippen LogP contribution is -3.00. The number of hydrogen-bond acceptors (Lipinski definition) is 1. The lowest BCUT2D eigenvalue weighted by atomic mass is 10.1. The van der Waals surface area contributed by atoms with Crippen LogP contribution in [0.1, 0.15) is 25.3 Å². The number of hydrogen-bond donors (Lipinski definition) is 0. The third-order valence-corrected chi connectivity index (χ3v) is 3.77. The van der Waals surface area contributed by atoms with Crippen LogP contribution in [0.3, 0.4) is 0 Å². The zero-order valence-electron chi connectivity index (χ0n) is 11.3. The van der Waals surface area contributed by atoms with Crippen molar-refractivity contribution in [2.45, 2.75) is 26.3 Å². The van der Waals surface area contributed by atoms with E-state index in [-0.39, 0.29) is 17.0 Å². The number of unbranched alkanes of at least 4 members (excludes halogenated alkanes) is 1. The van der Waals surface area contributed by atoms with Crippen molar-refractivity contribution in [2.24, 2.45) is 0 Å². The number of rotatable bonds is 5. The van der Waals surface area contributed by atoms with Crippen LogP contribution >= 0.6 is 0 Å². The summed E-state index contributed by atoms with van der Waals surface area (Å²) in [5, 5.41) is 0. The van der Waals surface area contributed by atoms with E-state index in [9.17, 15) is 0 Å². The molecule has 0 atom stereocenters. The van der Waals surface area contributed by atoms with Crippen molar-refractivity contribution >= 4 is 0 Å². The molecule has 0 amide bonds. The van der Waals surface area contributed by atoms with Crippen molar-refractivity contribution < 1.29 is 26.2 Å². The first-order valence-corrected chi connectivity index (χ1v) is 6.81.